The lowest BCUT2D eigenvalue weighted by molar-refractivity contribution is -0.116. The molecular weight excluding hydrogens is 248 g/mol. The lowest BCUT2D eigenvalue weighted by atomic mass is 10.1. The van der Waals surface area contributed by atoms with E-state index in [1.807, 2.05) is 43.4 Å². The Labute approximate surface area is 117 Å². The third kappa shape index (κ3) is 2.23. The maximum absolute atomic E-state index is 11.2. The summed E-state index contributed by atoms with van der Waals surface area (Å²) in [5, 5.41) is 0. The number of aromatic nitrogens is 2. The van der Waals surface area contributed by atoms with Gasteiger partial charge in [0, 0.05) is 19.0 Å². The van der Waals surface area contributed by atoms with E-state index in [0.717, 1.165) is 28.0 Å². The quantitative estimate of drug-likeness (QED) is 0.727. The first-order valence-electron chi connectivity index (χ1n) is 6.65. The lowest BCUT2D eigenvalue weighted by Gasteiger charge is -2.02. The largest absolute Gasteiger partial charge is 0.327 e. The summed E-state index contributed by atoms with van der Waals surface area (Å²) in [6, 6.07) is 16.2. The second-order valence-corrected chi connectivity index (χ2v) is 5.06. The van der Waals surface area contributed by atoms with Gasteiger partial charge < -0.3 is 4.57 Å². The van der Waals surface area contributed by atoms with Crippen LogP contribution in [-0.4, -0.2) is 15.3 Å². The molecule has 0 aliphatic heterocycles. The third-order valence-electron chi connectivity index (χ3n) is 3.43. The molecule has 0 N–H and O–H groups in total. The van der Waals surface area contributed by atoms with Gasteiger partial charge in [0.15, 0.2) is 0 Å². The number of nitrogens with zero attached hydrogens (tertiary/aromatic N) is 2. The summed E-state index contributed by atoms with van der Waals surface area (Å²) in [5.74, 6) is 1.11. The molecule has 0 atom stereocenters. The molecule has 0 fully saturated rings. The van der Waals surface area contributed by atoms with Crippen molar-refractivity contribution in [2.75, 3.05) is 0 Å². The van der Waals surface area contributed by atoms with E-state index < -0.39 is 0 Å². The van der Waals surface area contributed by atoms with Crippen molar-refractivity contribution in [1.29, 1.82) is 0 Å². The maximum Gasteiger partial charge on any atom is 0.140 e. The minimum absolute atomic E-state index is 0.170. The molecule has 0 aliphatic carbocycles. The summed E-state index contributed by atoms with van der Waals surface area (Å²) in [5.41, 5.74) is 4.13. The van der Waals surface area contributed by atoms with Gasteiger partial charge in [0.2, 0.25) is 0 Å². The van der Waals surface area contributed by atoms with Crippen LogP contribution in [0, 0.1) is 0 Å². The molecule has 0 unspecified atom stereocenters. The van der Waals surface area contributed by atoms with Crippen molar-refractivity contribution in [2.24, 2.45) is 7.05 Å². The standard InChI is InChI=1S/C17H16N2O/c1-12(20)10-13-8-9-16-15(11-13)18-17(19(16)2)14-6-4-3-5-7-14/h3-9,11H,10H2,1-2H3. The average molecular weight is 264 g/mol. The summed E-state index contributed by atoms with van der Waals surface area (Å²) in [4.78, 5) is 15.9. The van der Waals surface area contributed by atoms with Gasteiger partial charge in [-0.3, -0.25) is 4.79 Å². The summed E-state index contributed by atoms with van der Waals surface area (Å²) in [6.07, 6.45) is 0.465. The Morgan fingerprint density at radius 3 is 2.60 bits per heavy atom. The van der Waals surface area contributed by atoms with Crippen LogP contribution in [0.2, 0.25) is 0 Å². The zero-order valence-electron chi connectivity index (χ0n) is 11.6. The second-order valence-electron chi connectivity index (χ2n) is 5.06. The van der Waals surface area contributed by atoms with Gasteiger partial charge in [-0.15, -0.1) is 0 Å². The first kappa shape index (κ1) is 12.6. The first-order valence-corrected chi connectivity index (χ1v) is 6.65. The summed E-state index contributed by atoms with van der Waals surface area (Å²) in [7, 11) is 2.02. The molecule has 0 saturated carbocycles. The van der Waals surface area contributed by atoms with Crippen LogP contribution >= 0.6 is 0 Å². The second kappa shape index (κ2) is 4.93. The Balaban J connectivity index is 2.12. The van der Waals surface area contributed by atoms with Crippen LogP contribution in [0.25, 0.3) is 22.4 Å². The van der Waals surface area contributed by atoms with E-state index in [1.165, 1.54) is 0 Å². The van der Waals surface area contributed by atoms with Gasteiger partial charge >= 0.3 is 0 Å². The maximum atomic E-state index is 11.2. The molecule has 0 bridgehead atoms. The molecule has 0 aliphatic rings. The SMILES string of the molecule is CC(=O)Cc1ccc2c(c1)nc(-c1ccccc1)n2C. The number of hydrogen-bond donors (Lipinski definition) is 0. The highest BCUT2D eigenvalue weighted by molar-refractivity contribution is 5.84. The average Bonchev–Trinajstić information content (AvgIpc) is 2.76. The summed E-state index contributed by atoms with van der Waals surface area (Å²) < 4.78 is 2.09. The van der Waals surface area contributed by atoms with Crippen LogP contribution in [0.3, 0.4) is 0 Å². The summed E-state index contributed by atoms with van der Waals surface area (Å²) in [6.45, 7) is 1.61. The summed E-state index contributed by atoms with van der Waals surface area (Å²) >= 11 is 0. The van der Waals surface area contributed by atoms with Crippen molar-refractivity contribution in [2.45, 2.75) is 13.3 Å². The number of Topliss-reactive ketones (excluding diaryl/α,β-unsaturated/α-hetero) is 1. The topological polar surface area (TPSA) is 34.9 Å². The molecule has 0 spiro atoms. The zero-order valence-corrected chi connectivity index (χ0v) is 11.6. The van der Waals surface area contributed by atoms with Gasteiger partial charge in [0.05, 0.1) is 11.0 Å². The Kier molecular flexibility index (Phi) is 3.11. The predicted octanol–water partition coefficient (Wildman–Crippen LogP) is 3.37. The van der Waals surface area contributed by atoms with Gasteiger partial charge in [0.1, 0.15) is 11.6 Å². The smallest absolute Gasteiger partial charge is 0.140 e. The van der Waals surface area contributed by atoms with Gasteiger partial charge in [0.25, 0.3) is 0 Å². The van der Waals surface area contributed by atoms with E-state index in [2.05, 4.69) is 16.7 Å². The van der Waals surface area contributed by atoms with Crippen LogP contribution in [0.15, 0.2) is 48.5 Å². The van der Waals surface area contributed by atoms with Gasteiger partial charge in [-0.1, -0.05) is 36.4 Å². The fourth-order valence-electron chi connectivity index (χ4n) is 2.49. The highest BCUT2D eigenvalue weighted by atomic mass is 16.1. The van der Waals surface area contributed by atoms with Crippen LogP contribution in [0.4, 0.5) is 0 Å². The van der Waals surface area contributed by atoms with Crippen molar-refractivity contribution in [3.05, 3.63) is 54.1 Å². The predicted molar refractivity (Wildman–Crippen MR) is 80.5 cm³/mol. The fourth-order valence-corrected chi connectivity index (χ4v) is 2.49. The first-order chi connectivity index (χ1) is 9.65. The number of carbonyl (C=O) groups excluding carboxylic acids is 1. The van der Waals surface area contributed by atoms with Crippen molar-refractivity contribution in [1.82, 2.24) is 9.55 Å². The van der Waals surface area contributed by atoms with Gasteiger partial charge in [-0.05, 0) is 24.6 Å². The normalized spacial score (nSPS) is 10.9. The molecule has 0 radical (unpaired) electrons. The highest BCUT2D eigenvalue weighted by Gasteiger charge is 2.10. The minimum atomic E-state index is 0.170. The van der Waals surface area contributed by atoms with Crippen molar-refractivity contribution < 1.29 is 4.79 Å². The number of fused-ring (bicyclic) bond motifs is 1. The molecule has 1 aromatic heterocycles. The van der Waals surface area contributed by atoms with Gasteiger partial charge in [-0.2, -0.15) is 0 Å². The molecular formula is C17H16N2O. The number of aryl methyl sites for hydroxylation is 1. The molecule has 3 heteroatoms. The molecule has 3 nitrogen and oxygen atoms in total. The molecule has 3 rings (SSSR count). The van der Waals surface area contributed by atoms with E-state index in [9.17, 15) is 4.79 Å². The van der Waals surface area contributed by atoms with E-state index in [1.54, 1.807) is 6.92 Å². The molecule has 100 valence electrons. The van der Waals surface area contributed by atoms with E-state index >= 15 is 0 Å². The Morgan fingerprint density at radius 1 is 1.15 bits per heavy atom. The van der Waals surface area contributed by atoms with Crippen molar-refractivity contribution in [3.8, 4) is 11.4 Å². The Hall–Kier alpha value is -2.42. The third-order valence-corrected chi connectivity index (χ3v) is 3.43. The monoisotopic (exact) mass is 264 g/mol. The van der Waals surface area contributed by atoms with Crippen molar-refractivity contribution in [3.63, 3.8) is 0 Å². The molecule has 2 aromatic carbocycles. The Morgan fingerprint density at radius 2 is 1.90 bits per heavy atom. The fraction of sp³-hybridized carbons (Fsp3) is 0.176. The van der Waals surface area contributed by atoms with Crippen LogP contribution in [0.5, 0.6) is 0 Å². The van der Waals surface area contributed by atoms with Crippen LogP contribution in [-0.2, 0) is 18.3 Å². The number of hydrogen-bond acceptors (Lipinski definition) is 2. The lowest BCUT2D eigenvalue weighted by Crippen LogP contribution is -1.96. The number of ketones is 1. The zero-order chi connectivity index (χ0) is 14.1. The number of carbonyl (C=O) groups is 1. The number of rotatable bonds is 3. The van der Waals surface area contributed by atoms with E-state index in [-0.39, 0.29) is 5.78 Å². The number of imidazole rings is 1. The minimum Gasteiger partial charge on any atom is -0.327 e. The van der Waals surface area contributed by atoms with E-state index in [4.69, 9.17) is 4.98 Å². The molecule has 3 aromatic rings. The van der Waals surface area contributed by atoms with Gasteiger partial charge in [-0.25, -0.2) is 4.98 Å². The molecule has 20 heavy (non-hydrogen) atoms. The molecule has 0 amide bonds. The van der Waals surface area contributed by atoms with Crippen LogP contribution < -0.4 is 0 Å². The van der Waals surface area contributed by atoms with Crippen LogP contribution in [0.1, 0.15) is 12.5 Å². The van der Waals surface area contributed by atoms with Crippen molar-refractivity contribution >= 4 is 16.8 Å². The Bertz CT molecular complexity index is 772. The molecule has 1 heterocycles. The van der Waals surface area contributed by atoms with E-state index in [0.29, 0.717) is 6.42 Å². The highest BCUT2D eigenvalue weighted by Crippen LogP contribution is 2.24. The number of benzene rings is 2. The molecule has 0 saturated heterocycles.